The molecule has 3 aromatic rings. The normalized spacial score (nSPS) is 24.2. The van der Waals surface area contributed by atoms with E-state index in [1.165, 1.54) is 16.8 Å². The van der Waals surface area contributed by atoms with Gasteiger partial charge in [0.2, 0.25) is 5.91 Å². The summed E-state index contributed by atoms with van der Waals surface area (Å²) in [6.07, 6.45) is 4.01. The molecule has 5 rings (SSSR count). The second-order valence-corrected chi connectivity index (χ2v) is 10.2. The highest BCUT2D eigenvalue weighted by Crippen LogP contribution is 2.43. The number of hydrogen-bond acceptors (Lipinski definition) is 6. The van der Waals surface area contributed by atoms with Crippen molar-refractivity contribution in [2.75, 3.05) is 19.7 Å². The van der Waals surface area contributed by atoms with Gasteiger partial charge in [-0.05, 0) is 44.4 Å². The van der Waals surface area contributed by atoms with E-state index >= 15 is 0 Å². The van der Waals surface area contributed by atoms with Gasteiger partial charge in [-0.1, -0.05) is 6.07 Å². The van der Waals surface area contributed by atoms with Gasteiger partial charge in [-0.2, -0.15) is 0 Å². The van der Waals surface area contributed by atoms with Crippen LogP contribution >= 0.6 is 0 Å². The fourth-order valence-electron chi connectivity index (χ4n) is 5.29. The first-order valence-electron chi connectivity index (χ1n) is 12.1. The number of nitrogens with zero attached hydrogens (tertiary/aromatic N) is 3. The van der Waals surface area contributed by atoms with Gasteiger partial charge in [-0.3, -0.25) is 19.1 Å². The van der Waals surface area contributed by atoms with Crippen LogP contribution in [0.3, 0.4) is 0 Å². The Labute approximate surface area is 201 Å². The molecule has 2 aliphatic rings. The summed E-state index contributed by atoms with van der Waals surface area (Å²) in [4.78, 5) is 48.8. The number of aromatic amines is 2. The average molecular weight is 482 g/mol. The second kappa shape index (κ2) is 8.76. The van der Waals surface area contributed by atoms with E-state index in [0.29, 0.717) is 45.2 Å². The Hall–Kier alpha value is -3.24. The molecule has 35 heavy (non-hydrogen) atoms. The summed E-state index contributed by atoms with van der Waals surface area (Å²) in [6, 6.07) is 6.79. The zero-order valence-corrected chi connectivity index (χ0v) is 20.0. The summed E-state index contributed by atoms with van der Waals surface area (Å²) < 4.78 is 7.53. The van der Waals surface area contributed by atoms with Crippen molar-refractivity contribution < 1.29 is 14.6 Å². The molecule has 10 heteroatoms. The molecule has 0 radical (unpaired) electrons. The number of rotatable bonds is 4. The van der Waals surface area contributed by atoms with E-state index in [9.17, 15) is 19.5 Å². The van der Waals surface area contributed by atoms with E-state index in [1.54, 1.807) is 6.92 Å². The lowest BCUT2D eigenvalue weighted by Gasteiger charge is -2.51. The SMILES string of the molecule is Cc1ccc2nc(CCC(=O)N3CCC4(CC3)C[C@H](n3ccc(=O)[nH]c3=O)[C@@](C)(O)CO4)[nH]c2c1. The van der Waals surface area contributed by atoms with Gasteiger partial charge in [-0.15, -0.1) is 0 Å². The third-order valence-corrected chi connectivity index (χ3v) is 7.43. The molecule has 2 aromatic heterocycles. The lowest BCUT2D eigenvalue weighted by atomic mass is 9.77. The van der Waals surface area contributed by atoms with Crippen molar-refractivity contribution in [3.05, 3.63) is 62.7 Å². The first-order valence-corrected chi connectivity index (χ1v) is 12.1. The van der Waals surface area contributed by atoms with Crippen LogP contribution in [0.2, 0.25) is 0 Å². The number of amides is 1. The van der Waals surface area contributed by atoms with Crippen LogP contribution in [0.1, 0.15) is 50.0 Å². The summed E-state index contributed by atoms with van der Waals surface area (Å²) in [5.41, 5.74) is 0.227. The van der Waals surface area contributed by atoms with E-state index in [2.05, 4.69) is 15.0 Å². The molecule has 2 saturated heterocycles. The van der Waals surface area contributed by atoms with Crippen LogP contribution in [0.15, 0.2) is 40.1 Å². The van der Waals surface area contributed by atoms with Crippen LogP contribution in [0, 0.1) is 6.92 Å². The Balaban J connectivity index is 1.22. The van der Waals surface area contributed by atoms with Crippen molar-refractivity contribution in [3.8, 4) is 0 Å². The molecular formula is C25H31N5O5. The second-order valence-electron chi connectivity index (χ2n) is 10.2. The number of carbonyl (C=O) groups excluding carboxylic acids is 1. The number of likely N-dealkylation sites (tertiary alicyclic amines) is 1. The Morgan fingerprint density at radius 1 is 1.23 bits per heavy atom. The lowest BCUT2D eigenvalue weighted by molar-refractivity contribution is -0.202. The lowest BCUT2D eigenvalue weighted by Crippen LogP contribution is -2.58. The monoisotopic (exact) mass is 481 g/mol. The number of aryl methyl sites for hydroxylation is 2. The molecule has 0 bridgehead atoms. The highest BCUT2D eigenvalue weighted by atomic mass is 16.5. The minimum absolute atomic E-state index is 0.0721. The predicted octanol–water partition coefficient (Wildman–Crippen LogP) is 1.43. The molecule has 186 valence electrons. The van der Waals surface area contributed by atoms with E-state index in [0.717, 1.165) is 22.4 Å². The summed E-state index contributed by atoms with van der Waals surface area (Å²) in [5, 5.41) is 10.9. The number of ether oxygens (including phenoxy) is 1. The highest BCUT2D eigenvalue weighted by molar-refractivity contribution is 5.78. The standard InChI is InChI=1S/C25H31N5O5/c1-16-3-4-17-18(13-16)27-20(26-17)5-6-22(32)29-11-8-25(9-12-29)14-19(24(2,34)15-35-25)30-10-7-21(31)28-23(30)33/h3-4,7,10,13,19,34H,5-6,8-9,11-12,14-15H2,1-2H3,(H,26,27)(H,28,31,33)/t19-,24-/m0/s1. The number of imidazole rings is 1. The molecular weight excluding hydrogens is 450 g/mol. The minimum Gasteiger partial charge on any atom is -0.386 e. The molecule has 4 heterocycles. The fourth-order valence-corrected chi connectivity index (χ4v) is 5.29. The van der Waals surface area contributed by atoms with E-state index < -0.39 is 28.5 Å². The van der Waals surface area contributed by atoms with Crippen molar-refractivity contribution >= 4 is 16.9 Å². The van der Waals surface area contributed by atoms with Crippen LogP contribution in [-0.4, -0.2) is 66.3 Å². The molecule has 2 fully saturated rings. The Morgan fingerprint density at radius 3 is 2.74 bits per heavy atom. The van der Waals surface area contributed by atoms with Crippen LogP contribution < -0.4 is 11.2 Å². The topological polar surface area (TPSA) is 133 Å². The van der Waals surface area contributed by atoms with Gasteiger partial charge in [0.05, 0.1) is 29.3 Å². The highest BCUT2D eigenvalue weighted by Gasteiger charge is 2.49. The van der Waals surface area contributed by atoms with Crippen LogP contribution in [-0.2, 0) is 16.0 Å². The van der Waals surface area contributed by atoms with Crippen LogP contribution in [0.25, 0.3) is 11.0 Å². The first kappa shape index (κ1) is 23.5. The molecule has 1 aromatic carbocycles. The Bertz CT molecular complexity index is 1360. The maximum Gasteiger partial charge on any atom is 0.328 e. The van der Waals surface area contributed by atoms with Crippen molar-refractivity contribution in [2.45, 2.75) is 63.2 Å². The number of fused-ring (bicyclic) bond motifs is 1. The molecule has 0 unspecified atom stereocenters. The Kier molecular flexibility index (Phi) is 5.88. The average Bonchev–Trinajstić information content (AvgIpc) is 3.22. The largest absolute Gasteiger partial charge is 0.386 e. The number of aromatic nitrogens is 4. The molecule has 1 amide bonds. The van der Waals surface area contributed by atoms with Crippen molar-refractivity contribution in [1.29, 1.82) is 0 Å². The number of benzene rings is 1. The number of nitrogens with one attached hydrogen (secondary N) is 2. The number of hydrogen-bond donors (Lipinski definition) is 3. The third kappa shape index (κ3) is 4.68. The summed E-state index contributed by atoms with van der Waals surface area (Å²) in [5.74, 6) is 0.882. The van der Waals surface area contributed by atoms with Gasteiger partial charge in [0.25, 0.3) is 5.56 Å². The quantitative estimate of drug-likeness (QED) is 0.516. The maximum absolute atomic E-state index is 12.9. The van der Waals surface area contributed by atoms with Crippen molar-refractivity contribution in [2.24, 2.45) is 0 Å². The van der Waals surface area contributed by atoms with Crippen molar-refractivity contribution in [3.63, 3.8) is 0 Å². The van der Waals surface area contributed by atoms with Gasteiger partial charge < -0.3 is 19.7 Å². The fraction of sp³-hybridized carbons (Fsp3) is 0.520. The van der Waals surface area contributed by atoms with Gasteiger partial charge in [0.15, 0.2) is 0 Å². The number of carbonyl (C=O) groups is 1. The van der Waals surface area contributed by atoms with Crippen molar-refractivity contribution in [1.82, 2.24) is 24.4 Å². The summed E-state index contributed by atoms with van der Waals surface area (Å²) >= 11 is 0. The zero-order chi connectivity index (χ0) is 24.8. The maximum atomic E-state index is 12.9. The van der Waals surface area contributed by atoms with E-state index in [1.807, 2.05) is 30.0 Å². The van der Waals surface area contributed by atoms with Gasteiger partial charge in [-0.25, -0.2) is 9.78 Å². The smallest absolute Gasteiger partial charge is 0.328 e. The van der Waals surface area contributed by atoms with Gasteiger partial charge >= 0.3 is 5.69 Å². The number of aliphatic hydroxyl groups is 1. The number of piperidine rings is 1. The third-order valence-electron chi connectivity index (χ3n) is 7.43. The Morgan fingerprint density at radius 2 is 2.00 bits per heavy atom. The predicted molar refractivity (Wildman–Crippen MR) is 129 cm³/mol. The molecule has 0 aliphatic carbocycles. The number of H-pyrrole nitrogens is 2. The summed E-state index contributed by atoms with van der Waals surface area (Å²) in [7, 11) is 0. The van der Waals surface area contributed by atoms with Gasteiger partial charge in [0, 0.05) is 44.6 Å². The van der Waals surface area contributed by atoms with Crippen LogP contribution in [0.5, 0.6) is 0 Å². The molecule has 0 saturated carbocycles. The zero-order valence-electron chi connectivity index (χ0n) is 20.0. The van der Waals surface area contributed by atoms with Gasteiger partial charge in [0.1, 0.15) is 11.4 Å². The first-order chi connectivity index (χ1) is 16.6. The molecule has 2 aliphatic heterocycles. The molecule has 1 spiro atoms. The van der Waals surface area contributed by atoms with E-state index in [4.69, 9.17) is 4.74 Å². The van der Waals surface area contributed by atoms with E-state index in [-0.39, 0.29) is 12.5 Å². The molecule has 10 nitrogen and oxygen atoms in total. The summed E-state index contributed by atoms with van der Waals surface area (Å²) in [6.45, 7) is 4.84. The minimum atomic E-state index is -1.26. The molecule has 2 atom stereocenters. The van der Waals surface area contributed by atoms with Crippen LogP contribution in [0.4, 0.5) is 0 Å². The molecule has 3 N–H and O–H groups in total.